The molecule has 11 nitrogen and oxygen atoms in total. The lowest BCUT2D eigenvalue weighted by Crippen LogP contribution is -2.43. The first-order valence-corrected chi connectivity index (χ1v) is 12.7. The number of nitrogens with zero attached hydrogens (tertiary/aromatic N) is 7. The van der Waals surface area contributed by atoms with Gasteiger partial charge in [0.1, 0.15) is 5.82 Å². The van der Waals surface area contributed by atoms with Gasteiger partial charge in [-0.05, 0) is 18.8 Å². The fourth-order valence-corrected chi connectivity index (χ4v) is 6.27. The quantitative estimate of drug-likeness (QED) is 0.654. The fraction of sp³-hybridized carbons (Fsp3) is 0.600. The van der Waals surface area contributed by atoms with Gasteiger partial charge in [0.05, 0.1) is 30.7 Å². The normalized spacial score (nSPS) is 27.5. The molecule has 0 spiro atoms. The van der Waals surface area contributed by atoms with E-state index in [0.717, 1.165) is 55.1 Å². The maximum atomic E-state index is 12.2. The van der Waals surface area contributed by atoms with Gasteiger partial charge in [0.15, 0.2) is 0 Å². The molecule has 0 aromatic carbocycles. The average molecular weight is 459 g/mol. The third-order valence-corrected chi connectivity index (χ3v) is 8.35. The Morgan fingerprint density at radius 1 is 1.16 bits per heavy atom. The van der Waals surface area contributed by atoms with Gasteiger partial charge in [0.25, 0.3) is 0 Å². The van der Waals surface area contributed by atoms with Gasteiger partial charge in [0, 0.05) is 56.2 Å². The standard InChI is InChI=1S/C20H26N8O3S/c1-32(29,30)27-11-14-8-20(14,12-27)28-3-2-15-16(13-9-22-18(21)23-10-13)24-19(25-17(15)28)26-4-6-31-7-5-26/h9-10,14H,2-8,11-12H2,1H3,(H2,21,22,23). The van der Waals surface area contributed by atoms with Crippen molar-refractivity contribution in [2.45, 2.75) is 18.4 Å². The number of anilines is 3. The maximum absolute atomic E-state index is 12.2. The summed E-state index contributed by atoms with van der Waals surface area (Å²) >= 11 is 0. The van der Waals surface area contributed by atoms with Crippen molar-refractivity contribution in [3.63, 3.8) is 0 Å². The van der Waals surface area contributed by atoms with Gasteiger partial charge >= 0.3 is 0 Å². The van der Waals surface area contributed by atoms with Gasteiger partial charge in [-0.1, -0.05) is 0 Å². The van der Waals surface area contributed by atoms with Crippen LogP contribution in [0.4, 0.5) is 17.7 Å². The van der Waals surface area contributed by atoms with Crippen LogP contribution in [0.5, 0.6) is 0 Å². The molecule has 2 aromatic heterocycles. The summed E-state index contributed by atoms with van der Waals surface area (Å²) in [7, 11) is -3.21. The molecule has 1 aliphatic carbocycles. The molecule has 2 unspecified atom stereocenters. The second kappa shape index (κ2) is 6.96. The molecule has 2 aromatic rings. The van der Waals surface area contributed by atoms with Crippen LogP contribution in [-0.4, -0.2) is 90.4 Å². The second-order valence-electron chi connectivity index (χ2n) is 9.07. The Kier molecular flexibility index (Phi) is 4.37. The molecule has 3 aliphatic heterocycles. The molecule has 2 atom stereocenters. The Hall–Kier alpha value is -2.57. The van der Waals surface area contributed by atoms with Gasteiger partial charge < -0.3 is 20.3 Å². The number of fused-ring (bicyclic) bond motifs is 2. The highest BCUT2D eigenvalue weighted by Crippen LogP contribution is 2.57. The number of nitrogens with two attached hydrogens (primary N) is 1. The van der Waals surface area contributed by atoms with Crippen LogP contribution in [0.2, 0.25) is 0 Å². The van der Waals surface area contributed by atoms with E-state index in [9.17, 15) is 8.42 Å². The number of hydrogen-bond acceptors (Lipinski definition) is 10. The van der Waals surface area contributed by atoms with E-state index in [1.165, 1.54) is 6.26 Å². The molecular weight excluding hydrogens is 432 g/mol. The van der Waals surface area contributed by atoms with E-state index in [4.69, 9.17) is 20.4 Å². The minimum atomic E-state index is -3.21. The van der Waals surface area contributed by atoms with E-state index >= 15 is 0 Å². The Balaban J connectivity index is 1.43. The summed E-state index contributed by atoms with van der Waals surface area (Å²) < 4.78 is 31.5. The molecule has 3 fully saturated rings. The predicted octanol–water partition coefficient (Wildman–Crippen LogP) is -0.251. The van der Waals surface area contributed by atoms with E-state index < -0.39 is 10.0 Å². The lowest BCUT2D eigenvalue weighted by Gasteiger charge is -2.31. The third-order valence-electron chi connectivity index (χ3n) is 7.13. The number of rotatable bonds is 4. The van der Waals surface area contributed by atoms with Crippen molar-refractivity contribution in [3.05, 3.63) is 18.0 Å². The van der Waals surface area contributed by atoms with Gasteiger partial charge in [-0.3, -0.25) is 0 Å². The molecule has 0 amide bonds. The smallest absolute Gasteiger partial charge is 0.228 e. The molecule has 12 heteroatoms. The topological polar surface area (TPSA) is 131 Å². The van der Waals surface area contributed by atoms with Gasteiger partial charge in [0.2, 0.25) is 21.9 Å². The van der Waals surface area contributed by atoms with Crippen molar-refractivity contribution < 1.29 is 13.2 Å². The van der Waals surface area contributed by atoms with Crippen LogP contribution in [0.25, 0.3) is 11.3 Å². The highest BCUT2D eigenvalue weighted by atomic mass is 32.2. The number of ether oxygens (including phenoxy) is 1. The average Bonchev–Trinajstić information content (AvgIpc) is 3.12. The Bertz CT molecular complexity index is 1170. The first-order chi connectivity index (χ1) is 15.3. The Labute approximate surface area is 186 Å². The van der Waals surface area contributed by atoms with Crippen molar-refractivity contribution in [2.75, 3.05) is 67.7 Å². The minimum absolute atomic E-state index is 0.167. The van der Waals surface area contributed by atoms with Crippen molar-refractivity contribution >= 4 is 27.7 Å². The third kappa shape index (κ3) is 3.11. The summed E-state index contributed by atoms with van der Waals surface area (Å²) in [4.78, 5) is 22.7. The largest absolute Gasteiger partial charge is 0.378 e. The number of hydrogen-bond donors (Lipinski definition) is 1. The van der Waals surface area contributed by atoms with Crippen molar-refractivity contribution in [1.82, 2.24) is 24.2 Å². The van der Waals surface area contributed by atoms with Gasteiger partial charge in [-0.25, -0.2) is 23.4 Å². The lowest BCUT2D eigenvalue weighted by molar-refractivity contribution is 0.122. The number of aromatic nitrogens is 4. The molecule has 6 rings (SSSR count). The number of piperidine rings is 1. The molecule has 0 radical (unpaired) electrons. The van der Waals surface area contributed by atoms with Crippen molar-refractivity contribution in [1.29, 1.82) is 0 Å². The van der Waals surface area contributed by atoms with Gasteiger partial charge in [-0.2, -0.15) is 9.29 Å². The zero-order valence-corrected chi connectivity index (χ0v) is 18.8. The molecule has 5 heterocycles. The maximum Gasteiger partial charge on any atom is 0.228 e. The number of morpholine rings is 1. The van der Waals surface area contributed by atoms with E-state index in [2.05, 4.69) is 19.8 Å². The zero-order chi connectivity index (χ0) is 22.1. The Morgan fingerprint density at radius 2 is 1.91 bits per heavy atom. The van der Waals surface area contributed by atoms with E-state index in [-0.39, 0.29) is 11.5 Å². The van der Waals surface area contributed by atoms with Crippen LogP contribution < -0.4 is 15.5 Å². The molecule has 170 valence electrons. The van der Waals surface area contributed by atoms with E-state index in [1.54, 1.807) is 16.7 Å². The Morgan fingerprint density at radius 3 is 2.59 bits per heavy atom. The van der Waals surface area contributed by atoms with Crippen LogP contribution in [0, 0.1) is 5.92 Å². The second-order valence-corrected chi connectivity index (χ2v) is 11.0. The number of nitrogen functional groups attached to an aromatic ring is 1. The summed E-state index contributed by atoms with van der Waals surface area (Å²) in [5.74, 6) is 2.14. The monoisotopic (exact) mass is 458 g/mol. The lowest BCUT2D eigenvalue weighted by atomic mass is 10.1. The molecular formula is C20H26N8O3S. The van der Waals surface area contributed by atoms with Crippen LogP contribution in [0.1, 0.15) is 12.0 Å². The first-order valence-electron chi connectivity index (χ1n) is 10.9. The first kappa shape index (κ1) is 20.1. The molecule has 2 saturated heterocycles. The van der Waals surface area contributed by atoms with Crippen molar-refractivity contribution in [3.8, 4) is 11.3 Å². The SMILES string of the molecule is CS(=O)(=O)N1CC2CC2(N2CCc3c(-c4cnc(N)nc4)nc(N4CCOCC4)nc32)C1. The molecule has 4 aliphatic rings. The molecule has 32 heavy (non-hydrogen) atoms. The van der Waals surface area contributed by atoms with Crippen LogP contribution in [0.15, 0.2) is 12.4 Å². The van der Waals surface area contributed by atoms with Crippen LogP contribution >= 0.6 is 0 Å². The minimum Gasteiger partial charge on any atom is -0.378 e. The number of sulfonamides is 1. The van der Waals surface area contributed by atoms with Crippen molar-refractivity contribution in [2.24, 2.45) is 5.92 Å². The summed E-state index contributed by atoms with van der Waals surface area (Å²) in [6.07, 6.45) is 6.49. The van der Waals surface area contributed by atoms with Crippen LogP contribution in [-0.2, 0) is 21.2 Å². The molecule has 2 N–H and O–H groups in total. The molecule has 0 bridgehead atoms. The highest BCUT2D eigenvalue weighted by Gasteiger charge is 2.66. The fourth-order valence-electron chi connectivity index (χ4n) is 5.36. The summed E-state index contributed by atoms with van der Waals surface area (Å²) in [6, 6.07) is 0. The summed E-state index contributed by atoms with van der Waals surface area (Å²) in [5, 5.41) is 0. The summed E-state index contributed by atoms with van der Waals surface area (Å²) in [6.45, 7) is 4.64. The highest BCUT2D eigenvalue weighted by molar-refractivity contribution is 7.88. The van der Waals surface area contributed by atoms with Crippen LogP contribution in [0.3, 0.4) is 0 Å². The molecule has 1 saturated carbocycles. The van der Waals surface area contributed by atoms with E-state index in [1.807, 2.05) is 0 Å². The van der Waals surface area contributed by atoms with Gasteiger partial charge in [-0.15, -0.1) is 0 Å². The predicted molar refractivity (Wildman–Crippen MR) is 119 cm³/mol. The van der Waals surface area contributed by atoms with E-state index in [0.29, 0.717) is 38.2 Å². The zero-order valence-electron chi connectivity index (χ0n) is 17.9. The summed E-state index contributed by atoms with van der Waals surface area (Å²) in [5.41, 5.74) is 8.23.